The summed E-state index contributed by atoms with van der Waals surface area (Å²) in [4.78, 5) is 23.6. The first-order valence-electron chi connectivity index (χ1n) is 9.14. The van der Waals surface area contributed by atoms with Gasteiger partial charge in [0.1, 0.15) is 6.10 Å². The molecule has 5 heteroatoms. The van der Waals surface area contributed by atoms with Crippen molar-refractivity contribution in [1.29, 1.82) is 0 Å². The number of carbonyl (C=O) groups is 2. The number of carboxylic acid groups (broad SMARTS) is 1. The Balaban J connectivity index is 2.29. The minimum absolute atomic E-state index is 0.160. The summed E-state index contributed by atoms with van der Waals surface area (Å²) >= 11 is 0. The molecule has 2 atom stereocenters. The topological polar surface area (TPSA) is 86.6 Å². The Morgan fingerprint density at radius 2 is 1.78 bits per heavy atom. The van der Waals surface area contributed by atoms with E-state index in [4.69, 9.17) is 0 Å². The first kappa shape index (κ1) is 20.6. The van der Waals surface area contributed by atoms with Crippen molar-refractivity contribution in [1.82, 2.24) is 5.32 Å². The highest BCUT2D eigenvalue weighted by molar-refractivity contribution is 5.82. The third-order valence-corrected chi connectivity index (χ3v) is 4.44. The quantitative estimate of drug-likeness (QED) is 0.662. The summed E-state index contributed by atoms with van der Waals surface area (Å²) in [6, 6.07) is 14.7. The summed E-state index contributed by atoms with van der Waals surface area (Å²) in [7, 11) is 0. The van der Waals surface area contributed by atoms with Gasteiger partial charge < -0.3 is 15.5 Å². The van der Waals surface area contributed by atoms with Crippen LogP contribution in [0.3, 0.4) is 0 Å². The molecule has 0 aliphatic carbocycles. The van der Waals surface area contributed by atoms with Crippen molar-refractivity contribution < 1.29 is 19.8 Å². The summed E-state index contributed by atoms with van der Waals surface area (Å²) in [5, 5.41) is 22.0. The van der Waals surface area contributed by atoms with E-state index in [-0.39, 0.29) is 12.3 Å². The fourth-order valence-electron chi connectivity index (χ4n) is 3.07. The molecule has 0 radical (unpaired) electrons. The van der Waals surface area contributed by atoms with E-state index >= 15 is 0 Å². The van der Waals surface area contributed by atoms with E-state index < -0.39 is 24.0 Å². The zero-order valence-corrected chi connectivity index (χ0v) is 16.0. The highest BCUT2D eigenvalue weighted by Crippen LogP contribution is 2.27. The molecule has 2 aromatic rings. The summed E-state index contributed by atoms with van der Waals surface area (Å²) in [5.41, 5.74) is 3.82. The zero-order chi connectivity index (χ0) is 20.0. The predicted molar refractivity (Wildman–Crippen MR) is 105 cm³/mol. The molecule has 2 rings (SSSR count). The molecule has 0 spiro atoms. The number of amides is 1. The molecule has 0 saturated heterocycles. The molecule has 2 aromatic carbocycles. The number of aliphatic hydroxyl groups excluding tert-OH is 1. The van der Waals surface area contributed by atoms with E-state index in [1.165, 1.54) is 0 Å². The van der Waals surface area contributed by atoms with Crippen LogP contribution in [0.4, 0.5) is 0 Å². The number of rotatable bonds is 8. The van der Waals surface area contributed by atoms with Crippen LogP contribution in [0.2, 0.25) is 0 Å². The van der Waals surface area contributed by atoms with Crippen LogP contribution in [-0.2, 0) is 9.59 Å². The van der Waals surface area contributed by atoms with Crippen LogP contribution in [-0.4, -0.2) is 28.2 Å². The van der Waals surface area contributed by atoms with Gasteiger partial charge in [0, 0.05) is 0 Å². The molecule has 0 aliphatic heterocycles. The lowest BCUT2D eigenvalue weighted by Gasteiger charge is -2.21. The molecule has 0 saturated carbocycles. The van der Waals surface area contributed by atoms with E-state index in [1.807, 2.05) is 63.2 Å². The SMILES string of the molecule is Cc1ccccc1-c1cccc(C(CC(=O)O)NC(=O)C(O)CC(C)C)c1. The molecule has 0 aromatic heterocycles. The molecule has 0 aliphatic rings. The third kappa shape index (κ3) is 5.93. The fourth-order valence-corrected chi connectivity index (χ4v) is 3.07. The lowest BCUT2D eigenvalue weighted by atomic mass is 9.95. The lowest BCUT2D eigenvalue weighted by Crippen LogP contribution is -2.38. The van der Waals surface area contributed by atoms with Crippen LogP contribution < -0.4 is 5.32 Å². The number of hydrogen-bond donors (Lipinski definition) is 3. The van der Waals surface area contributed by atoms with Gasteiger partial charge in [0.15, 0.2) is 0 Å². The summed E-state index contributed by atoms with van der Waals surface area (Å²) in [5.74, 6) is -1.40. The van der Waals surface area contributed by atoms with Crippen molar-refractivity contribution in [3.05, 3.63) is 59.7 Å². The number of hydrogen-bond acceptors (Lipinski definition) is 3. The number of nitrogens with one attached hydrogen (secondary N) is 1. The van der Waals surface area contributed by atoms with Crippen LogP contribution in [0.15, 0.2) is 48.5 Å². The second kappa shape index (κ2) is 9.33. The minimum Gasteiger partial charge on any atom is -0.481 e. The van der Waals surface area contributed by atoms with Gasteiger partial charge in [-0.05, 0) is 47.6 Å². The number of carbonyl (C=O) groups excluding carboxylic acids is 1. The van der Waals surface area contributed by atoms with Gasteiger partial charge in [0.25, 0.3) is 0 Å². The maximum atomic E-state index is 12.3. The Bertz CT molecular complexity index is 800. The maximum Gasteiger partial charge on any atom is 0.305 e. The first-order chi connectivity index (χ1) is 12.8. The van der Waals surface area contributed by atoms with Crippen LogP contribution in [0.25, 0.3) is 11.1 Å². The molecule has 3 N–H and O–H groups in total. The van der Waals surface area contributed by atoms with Gasteiger partial charge in [0.05, 0.1) is 12.5 Å². The number of aryl methyl sites for hydroxylation is 1. The summed E-state index contributed by atoms with van der Waals surface area (Å²) in [6.07, 6.45) is -1.08. The van der Waals surface area contributed by atoms with E-state index in [2.05, 4.69) is 5.32 Å². The van der Waals surface area contributed by atoms with Crippen molar-refractivity contribution >= 4 is 11.9 Å². The second-order valence-corrected chi connectivity index (χ2v) is 7.24. The van der Waals surface area contributed by atoms with Crippen LogP contribution in [0.1, 0.15) is 43.9 Å². The number of carboxylic acids is 1. The van der Waals surface area contributed by atoms with Crippen LogP contribution in [0, 0.1) is 12.8 Å². The molecular formula is C22H27NO4. The molecule has 1 amide bonds. The maximum absolute atomic E-state index is 12.3. The average Bonchev–Trinajstić information content (AvgIpc) is 2.60. The molecule has 2 unspecified atom stereocenters. The van der Waals surface area contributed by atoms with E-state index in [9.17, 15) is 19.8 Å². The summed E-state index contributed by atoms with van der Waals surface area (Å²) in [6.45, 7) is 5.84. The number of benzene rings is 2. The minimum atomic E-state index is -1.15. The Morgan fingerprint density at radius 1 is 1.07 bits per heavy atom. The standard InChI is InChI=1S/C22H27NO4/c1-14(2)11-20(24)22(27)23-19(13-21(25)26)17-9-6-8-16(12-17)18-10-5-4-7-15(18)3/h4-10,12,14,19-20,24H,11,13H2,1-3H3,(H,23,27)(H,25,26). The third-order valence-electron chi connectivity index (χ3n) is 4.44. The summed E-state index contributed by atoms with van der Waals surface area (Å²) < 4.78 is 0. The molecule has 0 fully saturated rings. The van der Waals surface area contributed by atoms with Gasteiger partial charge in [-0.2, -0.15) is 0 Å². The van der Waals surface area contributed by atoms with Gasteiger partial charge in [-0.3, -0.25) is 9.59 Å². The van der Waals surface area contributed by atoms with Crippen molar-refractivity contribution in [3.63, 3.8) is 0 Å². The van der Waals surface area contributed by atoms with E-state index in [1.54, 1.807) is 6.07 Å². The monoisotopic (exact) mass is 369 g/mol. The highest BCUT2D eigenvalue weighted by Gasteiger charge is 2.23. The highest BCUT2D eigenvalue weighted by atomic mass is 16.4. The largest absolute Gasteiger partial charge is 0.481 e. The fraction of sp³-hybridized carbons (Fsp3) is 0.364. The van der Waals surface area contributed by atoms with E-state index in [0.29, 0.717) is 12.0 Å². The number of aliphatic carboxylic acids is 1. The lowest BCUT2D eigenvalue weighted by molar-refractivity contribution is -0.138. The van der Waals surface area contributed by atoms with Gasteiger partial charge in [-0.25, -0.2) is 0 Å². The Labute approximate surface area is 160 Å². The zero-order valence-electron chi connectivity index (χ0n) is 16.0. The number of aliphatic hydroxyl groups is 1. The van der Waals surface area contributed by atoms with Crippen molar-refractivity contribution in [2.75, 3.05) is 0 Å². The molecule has 5 nitrogen and oxygen atoms in total. The van der Waals surface area contributed by atoms with Gasteiger partial charge in [-0.15, -0.1) is 0 Å². The molecular weight excluding hydrogens is 342 g/mol. The van der Waals surface area contributed by atoms with Gasteiger partial charge in [-0.1, -0.05) is 56.3 Å². The molecule has 27 heavy (non-hydrogen) atoms. The molecule has 0 heterocycles. The van der Waals surface area contributed by atoms with Gasteiger partial charge in [0.2, 0.25) is 5.91 Å². The Morgan fingerprint density at radius 3 is 2.41 bits per heavy atom. The van der Waals surface area contributed by atoms with Crippen molar-refractivity contribution in [3.8, 4) is 11.1 Å². The van der Waals surface area contributed by atoms with Crippen molar-refractivity contribution in [2.24, 2.45) is 5.92 Å². The Kier molecular flexibility index (Phi) is 7.13. The predicted octanol–water partition coefficient (Wildman–Crippen LogP) is 3.70. The molecule has 0 bridgehead atoms. The van der Waals surface area contributed by atoms with Gasteiger partial charge >= 0.3 is 5.97 Å². The van der Waals surface area contributed by atoms with Crippen LogP contribution >= 0.6 is 0 Å². The smallest absolute Gasteiger partial charge is 0.305 e. The van der Waals surface area contributed by atoms with Crippen LogP contribution in [0.5, 0.6) is 0 Å². The van der Waals surface area contributed by atoms with E-state index in [0.717, 1.165) is 16.7 Å². The van der Waals surface area contributed by atoms with Crippen molar-refractivity contribution in [2.45, 2.75) is 45.8 Å². The average molecular weight is 369 g/mol. The second-order valence-electron chi connectivity index (χ2n) is 7.24. The first-order valence-corrected chi connectivity index (χ1v) is 9.14. The normalized spacial score (nSPS) is 13.2. The Hall–Kier alpha value is -2.66. The molecule has 144 valence electrons.